The van der Waals surface area contributed by atoms with Crippen LogP contribution >= 0.6 is 0 Å². The van der Waals surface area contributed by atoms with E-state index in [2.05, 4.69) is 5.32 Å². The van der Waals surface area contributed by atoms with Gasteiger partial charge in [-0.1, -0.05) is 0 Å². The number of nitrogens with zero attached hydrogens (tertiary/aromatic N) is 1. The van der Waals surface area contributed by atoms with Gasteiger partial charge in [-0.15, -0.1) is 0 Å². The van der Waals surface area contributed by atoms with Gasteiger partial charge in [0.1, 0.15) is 11.5 Å². The molecule has 0 aromatic rings. The molecular formula is C11H18N2O5S. The van der Waals surface area contributed by atoms with Crippen molar-refractivity contribution in [2.24, 2.45) is 5.92 Å². The highest BCUT2D eigenvalue weighted by Crippen LogP contribution is 2.17. The monoisotopic (exact) mass is 290 g/mol. The molecule has 19 heavy (non-hydrogen) atoms. The molecule has 1 heterocycles. The first-order chi connectivity index (χ1) is 8.93. The molecule has 2 N–H and O–H groups in total. The fourth-order valence-electron chi connectivity index (χ4n) is 1.87. The topological polar surface area (TPSA) is 104 Å². The van der Waals surface area contributed by atoms with Gasteiger partial charge < -0.3 is 15.3 Å². The van der Waals surface area contributed by atoms with Gasteiger partial charge in [0.05, 0.1) is 5.92 Å². The maximum absolute atomic E-state index is 11.8. The highest BCUT2D eigenvalue weighted by molar-refractivity contribution is 7.86. The van der Waals surface area contributed by atoms with E-state index in [0.29, 0.717) is 25.9 Å². The van der Waals surface area contributed by atoms with Crippen molar-refractivity contribution >= 4 is 28.6 Å². The first-order valence-electron chi connectivity index (χ1n) is 6.00. The minimum Gasteiger partial charge on any atom is -0.481 e. The first-order valence-corrected chi connectivity index (χ1v) is 7.49. The van der Waals surface area contributed by atoms with Crippen LogP contribution in [0, 0.1) is 5.92 Å². The number of nitrogens with one attached hydrogen (secondary N) is 1. The third-order valence-corrected chi connectivity index (χ3v) is 4.21. The molecule has 108 valence electrons. The van der Waals surface area contributed by atoms with Gasteiger partial charge in [0.15, 0.2) is 0 Å². The minimum atomic E-state index is -1.52. The van der Waals surface area contributed by atoms with Crippen LogP contribution in [-0.4, -0.2) is 63.6 Å². The van der Waals surface area contributed by atoms with Gasteiger partial charge in [0, 0.05) is 30.9 Å². The maximum atomic E-state index is 11.8. The van der Waals surface area contributed by atoms with Crippen molar-refractivity contribution in [2.45, 2.75) is 12.8 Å². The summed E-state index contributed by atoms with van der Waals surface area (Å²) in [6.45, 7) is 0.736. The molecule has 1 atom stereocenters. The Morgan fingerprint density at radius 1 is 1.26 bits per heavy atom. The Kier molecular flexibility index (Phi) is 5.94. The molecule has 2 amide bonds. The number of piperidine rings is 1. The van der Waals surface area contributed by atoms with Gasteiger partial charge in [0.2, 0.25) is 11.8 Å². The molecule has 0 aliphatic carbocycles. The van der Waals surface area contributed by atoms with Crippen LogP contribution < -0.4 is 5.32 Å². The summed E-state index contributed by atoms with van der Waals surface area (Å²) in [4.78, 5) is 35.1. The number of rotatable bonds is 5. The molecule has 1 fully saturated rings. The Labute approximate surface area is 113 Å². The zero-order chi connectivity index (χ0) is 14.4. The van der Waals surface area contributed by atoms with E-state index in [4.69, 9.17) is 5.11 Å². The highest BCUT2D eigenvalue weighted by Gasteiger charge is 2.27. The summed E-state index contributed by atoms with van der Waals surface area (Å²) < 4.78 is 11.5. The average molecular weight is 290 g/mol. The molecule has 7 nitrogen and oxygen atoms in total. The van der Waals surface area contributed by atoms with E-state index in [1.807, 2.05) is 0 Å². The molecular weight excluding hydrogens is 272 g/mol. The van der Waals surface area contributed by atoms with Crippen molar-refractivity contribution in [2.75, 3.05) is 31.6 Å². The van der Waals surface area contributed by atoms with Gasteiger partial charge in [0.25, 0.3) is 0 Å². The van der Waals surface area contributed by atoms with E-state index in [-0.39, 0.29) is 23.3 Å². The molecule has 1 unspecified atom stereocenters. The van der Waals surface area contributed by atoms with Crippen LogP contribution in [0.25, 0.3) is 0 Å². The number of carboxylic acids is 1. The number of carbonyl (C=O) groups is 3. The fraction of sp³-hybridized carbons (Fsp3) is 0.727. The first kappa shape index (κ1) is 15.6. The second-order valence-corrected chi connectivity index (χ2v) is 5.85. The molecule has 0 aromatic carbocycles. The van der Waals surface area contributed by atoms with Gasteiger partial charge in [-0.2, -0.15) is 0 Å². The number of aliphatic carboxylic acids is 1. The number of likely N-dealkylation sites (tertiary alicyclic amines) is 1. The number of amides is 2. The number of hydrogen-bond donors (Lipinski definition) is 2. The molecule has 1 saturated heterocycles. The van der Waals surface area contributed by atoms with Crippen LogP contribution in [0.4, 0.5) is 0 Å². The van der Waals surface area contributed by atoms with E-state index < -0.39 is 22.7 Å². The molecule has 1 aliphatic rings. The normalized spacial score (nSPS) is 17.8. The van der Waals surface area contributed by atoms with Crippen molar-refractivity contribution in [1.82, 2.24) is 10.2 Å². The molecule has 0 bridgehead atoms. The van der Waals surface area contributed by atoms with Gasteiger partial charge >= 0.3 is 5.97 Å². The Hall–Kier alpha value is -1.44. The van der Waals surface area contributed by atoms with Crippen LogP contribution in [0.15, 0.2) is 0 Å². The largest absolute Gasteiger partial charge is 0.481 e. The van der Waals surface area contributed by atoms with Crippen LogP contribution in [0.3, 0.4) is 0 Å². The molecule has 0 radical (unpaired) electrons. The fourth-order valence-corrected chi connectivity index (χ4v) is 2.87. The zero-order valence-electron chi connectivity index (χ0n) is 10.8. The highest BCUT2D eigenvalue weighted by atomic mass is 32.2. The smallest absolute Gasteiger partial charge is 0.306 e. The second kappa shape index (κ2) is 7.22. The summed E-state index contributed by atoms with van der Waals surface area (Å²) >= 11 is 0. The predicted molar refractivity (Wildman–Crippen MR) is 68.9 cm³/mol. The van der Waals surface area contributed by atoms with Crippen LogP contribution in [0.1, 0.15) is 12.8 Å². The molecule has 8 heteroatoms. The molecule has 1 rings (SSSR count). The summed E-state index contributed by atoms with van der Waals surface area (Å²) in [6.07, 6.45) is 0.840. The standard InChI is InChI=1S/C11H18N2O5S/c1-12-9(14)6-19(18)7-10(15)13-4-2-8(3-5-13)11(16)17/h8H,2-7H2,1H3,(H,12,14)(H,16,17). The summed E-state index contributed by atoms with van der Waals surface area (Å²) in [5.74, 6) is -2.27. The van der Waals surface area contributed by atoms with E-state index in [9.17, 15) is 18.6 Å². The third kappa shape index (κ3) is 4.98. The van der Waals surface area contributed by atoms with Crippen LogP contribution in [0.2, 0.25) is 0 Å². The Morgan fingerprint density at radius 3 is 2.32 bits per heavy atom. The average Bonchev–Trinajstić information content (AvgIpc) is 2.38. The third-order valence-electron chi connectivity index (χ3n) is 3.05. The number of carboxylic acid groups (broad SMARTS) is 1. The molecule has 1 aliphatic heterocycles. The lowest BCUT2D eigenvalue weighted by atomic mass is 9.97. The Bertz CT molecular complexity index is 391. The van der Waals surface area contributed by atoms with Crippen molar-refractivity contribution in [1.29, 1.82) is 0 Å². The summed E-state index contributed by atoms with van der Waals surface area (Å²) in [5.41, 5.74) is 0. The summed E-state index contributed by atoms with van der Waals surface area (Å²) in [6, 6.07) is 0. The van der Waals surface area contributed by atoms with Crippen molar-refractivity contribution in [3.05, 3.63) is 0 Å². The Balaban J connectivity index is 2.37. The lowest BCUT2D eigenvalue weighted by Gasteiger charge is -2.30. The van der Waals surface area contributed by atoms with Gasteiger partial charge in [-0.05, 0) is 12.8 Å². The summed E-state index contributed by atoms with van der Waals surface area (Å²) in [7, 11) is -0.0764. The van der Waals surface area contributed by atoms with E-state index in [1.165, 1.54) is 11.9 Å². The van der Waals surface area contributed by atoms with E-state index in [0.717, 1.165) is 0 Å². The molecule has 0 spiro atoms. The van der Waals surface area contributed by atoms with Crippen molar-refractivity contribution < 1.29 is 23.7 Å². The molecule has 0 aromatic heterocycles. The van der Waals surface area contributed by atoms with Crippen molar-refractivity contribution in [3.8, 4) is 0 Å². The lowest BCUT2D eigenvalue weighted by Crippen LogP contribution is -2.42. The van der Waals surface area contributed by atoms with E-state index in [1.54, 1.807) is 0 Å². The molecule has 0 saturated carbocycles. The second-order valence-electron chi connectivity index (χ2n) is 4.39. The predicted octanol–water partition coefficient (Wildman–Crippen LogP) is -1.20. The minimum absolute atomic E-state index is 0.187. The number of carbonyl (C=O) groups excluding carboxylic acids is 2. The number of hydrogen-bond acceptors (Lipinski definition) is 4. The van der Waals surface area contributed by atoms with Gasteiger partial charge in [-0.25, -0.2) is 0 Å². The quantitative estimate of drug-likeness (QED) is 0.662. The summed E-state index contributed by atoms with van der Waals surface area (Å²) in [5, 5.41) is 11.2. The van der Waals surface area contributed by atoms with Crippen LogP contribution in [-0.2, 0) is 25.2 Å². The van der Waals surface area contributed by atoms with E-state index >= 15 is 0 Å². The zero-order valence-corrected chi connectivity index (χ0v) is 11.6. The van der Waals surface area contributed by atoms with Crippen molar-refractivity contribution in [3.63, 3.8) is 0 Å². The lowest BCUT2D eigenvalue weighted by molar-refractivity contribution is -0.145. The SMILES string of the molecule is CNC(=O)CS(=O)CC(=O)N1CCC(C(=O)O)CC1. The van der Waals surface area contributed by atoms with Gasteiger partial charge in [-0.3, -0.25) is 18.6 Å². The van der Waals surface area contributed by atoms with Crippen LogP contribution in [0.5, 0.6) is 0 Å². The Morgan fingerprint density at radius 2 is 1.84 bits per heavy atom. The maximum Gasteiger partial charge on any atom is 0.306 e.